The summed E-state index contributed by atoms with van der Waals surface area (Å²) in [6, 6.07) is 36.7. The summed E-state index contributed by atoms with van der Waals surface area (Å²) < 4.78 is 9.69. The van der Waals surface area contributed by atoms with Gasteiger partial charge in [-0.15, -0.1) is 0 Å². The highest BCUT2D eigenvalue weighted by atomic mass is 16.5. The Morgan fingerprint density at radius 2 is 0.952 bits per heavy atom. The topological polar surface area (TPSA) is 175 Å². The van der Waals surface area contributed by atoms with Gasteiger partial charge in [0.05, 0.1) is 48.4 Å². The molecule has 0 bridgehead atoms. The van der Waals surface area contributed by atoms with Crippen LogP contribution in [-0.4, -0.2) is 81.0 Å². The predicted molar refractivity (Wildman–Crippen MR) is 233 cm³/mol. The number of hydrogen-bond donors (Lipinski definition) is 4. The van der Waals surface area contributed by atoms with E-state index in [0.717, 1.165) is 70.0 Å². The summed E-state index contributed by atoms with van der Waals surface area (Å²) in [4.78, 5) is 73.0. The third-order valence-electron chi connectivity index (χ3n) is 11.9. The fourth-order valence-electron chi connectivity index (χ4n) is 8.77. The number of alkyl carbamates (subject to hydrolysis) is 2. The lowest BCUT2D eigenvalue weighted by atomic mass is 10.00. The smallest absolute Gasteiger partial charge is 0.407 e. The first-order valence-corrected chi connectivity index (χ1v) is 20.8. The van der Waals surface area contributed by atoms with E-state index in [1.807, 2.05) is 84.9 Å². The Kier molecular flexibility index (Phi) is 11.1. The number of carbonyl (C=O) groups is 4. The van der Waals surface area contributed by atoms with Gasteiger partial charge in [-0.2, -0.15) is 0 Å². The van der Waals surface area contributed by atoms with Crippen molar-refractivity contribution in [1.29, 1.82) is 0 Å². The molecule has 7 aromatic rings. The lowest BCUT2D eigenvalue weighted by Crippen LogP contribution is -2.42. The van der Waals surface area contributed by atoms with Crippen LogP contribution in [0, 0.1) is 0 Å². The summed E-state index contributed by atoms with van der Waals surface area (Å²) in [5, 5.41) is 5.45. The lowest BCUT2D eigenvalue weighted by Gasteiger charge is -2.28. The third-order valence-corrected chi connectivity index (χ3v) is 11.9. The number of likely N-dealkylation sites (tertiary alicyclic amines) is 2. The second-order valence-electron chi connectivity index (χ2n) is 15.6. The Morgan fingerprint density at radius 3 is 1.34 bits per heavy atom. The van der Waals surface area contributed by atoms with Gasteiger partial charge in [0.15, 0.2) is 0 Å². The minimum absolute atomic E-state index is 0.214. The second-order valence-corrected chi connectivity index (χ2v) is 15.6. The molecule has 14 nitrogen and oxygen atoms in total. The Labute approximate surface area is 357 Å². The zero-order valence-electron chi connectivity index (χ0n) is 34.3. The van der Waals surface area contributed by atoms with Crippen molar-refractivity contribution in [3.05, 3.63) is 144 Å². The normalized spacial score (nSPS) is 17.2. The van der Waals surface area contributed by atoms with Crippen LogP contribution in [0.3, 0.4) is 0 Å². The summed E-state index contributed by atoms with van der Waals surface area (Å²) in [5.41, 5.74) is 8.81. The summed E-state index contributed by atoms with van der Waals surface area (Å²) in [6.07, 6.45) is 1.77. The fourth-order valence-corrected chi connectivity index (χ4v) is 8.77. The Hall–Kier alpha value is -7.48. The number of fused-ring (bicyclic) bond motifs is 2. The van der Waals surface area contributed by atoms with Gasteiger partial charge >= 0.3 is 12.2 Å². The van der Waals surface area contributed by atoms with Gasteiger partial charge < -0.3 is 39.9 Å². The molecule has 314 valence electrons. The molecule has 0 radical (unpaired) electrons. The predicted octanol–water partition coefficient (Wildman–Crippen LogP) is 8.29. The molecule has 2 fully saturated rings. The minimum atomic E-state index is -0.889. The molecule has 4 heterocycles. The molecule has 2 aromatic heterocycles. The van der Waals surface area contributed by atoms with E-state index < -0.39 is 24.3 Å². The van der Waals surface area contributed by atoms with Crippen molar-refractivity contribution >= 4 is 46.1 Å². The number of imidazole rings is 2. The molecule has 2 aliphatic rings. The van der Waals surface area contributed by atoms with E-state index in [1.165, 1.54) is 14.2 Å². The average molecular weight is 831 g/mol. The van der Waals surface area contributed by atoms with Gasteiger partial charge in [0.1, 0.15) is 23.7 Å². The Balaban J connectivity index is 0.910. The molecule has 14 heteroatoms. The number of aromatic amines is 2. The zero-order chi connectivity index (χ0) is 42.7. The molecule has 0 saturated carbocycles. The van der Waals surface area contributed by atoms with Crippen LogP contribution in [0.4, 0.5) is 9.59 Å². The highest BCUT2D eigenvalue weighted by molar-refractivity contribution is 5.89. The first-order chi connectivity index (χ1) is 30.3. The van der Waals surface area contributed by atoms with Gasteiger partial charge in [-0.1, -0.05) is 97.1 Å². The first-order valence-electron chi connectivity index (χ1n) is 20.8. The van der Waals surface area contributed by atoms with Gasteiger partial charge in [-0.3, -0.25) is 9.59 Å². The van der Waals surface area contributed by atoms with E-state index >= 15 is 0 Å². The van der Waals surface area contributed by atoms with Crippen molar-refractivity contribution in [2.75, 3.05) is 27.3 Å². The Bertz CT molecular complexity index is 2560. The van der Waals surface area contributed by atoms with Gasteiger partial charge in [0, 0.05) is 13.1 Å². The van der Waals surface area contributed by atoms with Gasteiger partial charge in [0.2, 0.25) is 0 Å². The van der Waals surface area contributed by atoms with Crippen LogP contribution in [0.5, 0.6) is 0 Å². The van der Waals surface area contributed by atoms with Gasteiger partial charge in [0.25, 0.3) is 11.8 Å². The number of methoxy groups -OCH3 is 2. The number of aromatic nitrogens is 4. The van der Waals surface area contributed by atoms with Crippen molar-refractivity contribution < 1.29 is 28.7 Å². The number of hydrogen-bond acceptors (Lipinski definition) is 8. The molecule has 62 heavy (non-hydrogen) atoms. The molecule has 4 atom stereocenters. The maximum Gasteiger partial charge on any atom is 0.407 e. The van der Waals surface area contributed by atoms with E-state index in [4.69, 9.17) is 19.4 Å². The number of ether oxygens (including phenoxy) is 2. The van der Waals surface area contributed by atoms with Crippen LogP contribution in [0.2, 0.25) is 0 Å². The van der Waals surface area contributed by atoms with Crippen molar-refractivity contribution in [2.45, 2.75) is 49.9 Å². The molecule has 2 aliphatic heterocycles. The highest BCUT2D eigenvalue weighted by Gasteiger charge is 2.38. The number of H-pyrrole nitrogens is 2. The lowest BCUT2D eigenvalue weighted by molar-refractivity contribution is -0.135. The first kappa shape index (κ1) is 40.0. The standard InChI is InChI=1S/C48H46N8O6/c1-61-47(59)53-41(31-11-5-3-6-12-31)45(57)55-25-9-15-39(55)43-49-35-23-21-33(27-37(35)51-43)29-17-19-30(20-18-29)34-22-24-36-38(28-34)52-44(50-36)40-16-10-26-56(40)46(58)42(54-48(60)62-2)32-13-7-4-8-14-32/h3-8,11-14,17-24,27-28,39-42H,9-10,15-16,25-26H2,1-2H3,(H,49,51)(H,50,52)(H,53,59)(H,54,60)/t39-,40-,41+,42+/m0/s1. The van der Waals surface area contributed by atoms with Gasteiger partial charge in [-0.25, -0.2) is 19.6 Å². The van der Waals surface area contributed by atoms with Crippen LogP contribution < -0.4 is 10.6 Å². The number of benzene rings is 5. The van der Waals surface area contributed by atoms with Crippen LogP contribution in [0.1, 0.15) is 72.6 Å². The number of rotatable bonds is 10. The van der Waals surface area contributed by atoms with E-state index in [-0.39, 0.29) is 23.9 Å². The quantitative estimate of drug-likeness (QED) is 0.107. The molecule has 4 amide bonds. The van der Waals surface area contributed by atoms with E-state index in [1.54, 1.807) is 9.80 Å². The number of nitrogens with zero attached hydrogens (tertiary/aromatic N) is 4. The fraction of sp³-hybridized carbons (Fsp3) is 0.250. The van der Waals surface area contributed by atoms with Crippen molar-refractivity contribution in [1.82, 2.24) is 40.4 Å². The molecule has 0 unspecified atom stereocenters. The number of nitrogens with one attached hydrogen (secondary N) is 4. The monoisotopic (exact) mass is 830 g/mol. The van der Waals surface area contributed by atoms with Crippen LogP contribution in [-0.2, 0) is 19.1 Å². The van der Waals surface area contributed by atoms with Crippen LogP contribution >= 0.6 is 0 Å². The van der Waals surface area contributed by atoms with Crippen molar-refractivity contribution in [2.24, 2.45) is 0 Å². The molecule has 9 rings (SSSR count). The van der Waals surface area contributed by atoms with E-state index in [2.05, 4.69) is 57.0 Å². The molecular formula is C48H46N8O6. The van der Waals surface area contributed by atoms with Crippen LogP contribution in [0.25, 0.3) is 44.3 Å². The Morgan fingerprint density at radius 1 is 0.565 bits per heavy atom. The molecule has 5 aromatic carbocycles. The maximum atomic E-state index is 14.0. The summed E-state index contributed by atoms with van der Waals surface area (Å²) in [5.74, 6) is 0.987. The SMILES string of the molecule is COC(=O)N[C@@H](C(=O)N1CCC[C@H]1c1nc2ccc(-c3ccc(-c4ccc5nc([C@@H]6CCCN6C(=O)[C@H](NC(=O)OC)c6ccccc6)[nH]c5c4)cc3)cc2[nH]1)c1ccccc1. The van der Waals surface area contributed by atoms with Crippen LogP contribution in [0.15, 0.2) is 121 Å². The summed E-state index contributed by atoms with van der Waals surface area (Å²) >= 11 is 0. The molecule has 2 saturated heterocycles. The summed E-state index contributed by atoms with van der Waals surface area (Å²) in [6.45, 7) is 1.10. The van der Waals surface area contributed by atoms with E-state index in [9.17, 15) is 19.2 Å². The second kappa shape index (κ2) is 17.2. The largest absolute Gasteiger partial charge is 0.453 e. The number of carbonyl (C=O) groups excluding carboxylic acids is 4. The molecule has 0 aliphatic carbocycles. The minimum Gasteiger partial charge on any atom is -0.453 e. The average Bonchev–Trinajstić information content (AvgIpc) is 4.16. The maximum absolute atomic E-state index is 14.0. The van der Waals surface area contributed by atoms with Crippen molar-refractivity contribution in [3.63, 3.8) is 0 Å². The third kappa shape index (κ3) is 7.94. The molecule has 0 spiro atoms. The van der Waals surface area contributed by atoms with E-state index in [0.29, 0.717) is 35.9 Å². The zero-order valence-corrected chi connectivity index (χ0v) is 34.3. The molecule has 4 N–H and O–H groups in total. The summed E-state index contributed by atoms with van der Waals surface area (Å²) in [7, 11) is 2.56. The highest BCUT2D eigenvalue weighted by Crippen LogP contribution is 2.37. The molecular weight excluding hydrogens is 785 g/mol. The number of amides is 4. The van der Waals surface area contributed by atoms with Crippen molar-refractivity contribution in [3.8, 4) is 22.3 Å². The van der Waals surface area contributed by atoms with Gasteiger partial charge in [-0.05, 0) is 83.3 Å².